The molecule has 1 atom stereocenters. The molecular weight excluding hydrogens is 333 g/mol. The highest BCUT2D eigenvalue weighted by atomic mass is 35.6. The Hall–Kier alpha value is -1.23. The molecule has 2 rings (SSSR count). The molecule has 0 radical (unpaired) electrons. The number of carbonyl (C=O) groups excluding carboxylic acids is 1. The van der Waals surface area contributed by atoms with Crippen LogP contribution in [0.2, 0.25) is 0 Å². The van der Waals surface area contributed by atoms with Crippen LogP contribution in [0.5, 0.6) is 0 Å². The molecule has 4 nitrogen and oxygen atoms in total. The van der Waals surface area contributed by atoms with Crippen LogP contribution in [0.1, 0.15) is 13.3 Å². The number of nitrogens with one attached hydrogen (secondary N) is 2. The van der Waals surface area contributed by atoms with Crippen molar-refractivity contribution in [3.63, 3.8) is 0 Å². The minimum absolute atomic E-state index is 0.216. The molecule has 1 aromatic heterocycles. The molecule has 0 aliphatic heterocycles. The molecular formula is C14H14Cl3N3O. The summed E-state index contributed by atoms with van der Waals surface area (Å²) in [5, 5.41) is 6.63. The smallest absolute Gasteiger partial charge is 0.228 e. The van der Waals surface area contributed by atoms with E-state index in [9.17, 15) is 4.79 Å². The van der Waals surface area contributed by atoms with Gasteiger partial charge in [-0.15, -0.1) is 0 Å². The Labute approximate surface area is 137 Å². The van der Waals surface area contributed by atoms with Crippen LogP contribution < -0.4 is 10.6 Å². The minimum Gasteiger partial charge on any atom is -0.360 e. The van der Waals surface area contributed by atoms with Crippen LogP contribution >= 0.6 is 34.8 Å². The molecule has 0 unspecified atom stereocenters. The van der Waals surface area contributed by atoms with Gasteiger partial charge in [0.25, 0.3) is 0 Å². The van der Waals surface area contributed by atoms with Crippen molar-refractivity contribution in [2.45, 2.75) is 23.3 Å². The summed E-state index contributed by atoms with van der Waals surface area (Å²) < 4.78 is -1.69. The maximum absolute atomic E-state index is 11.6. The van der Waals surface area contributed by atoms with Crippen molar-refractivity contribution >= 4 is 57.3 Å². The molecule has 1 aromatic carbocycles. The molecule has 0 bridgehead atoms. The first-order chi connectivity index (χ1) is 9.91. The third kappa shape index (κ3) is 4.13. The van der Waals surface area contributed by atoms with Gasteiger partial charge in [-0.2, -0.15) is 0 Å². The number of amides is 1. The van der Waals surface area contributed by atoms with Gasteiger partial charge in [0.05, 0.1) is 11.2 Å². The first-order valence-corrected chi connectivity index (χ1v) is 7.51. The third-order valence-corrected chi connectivity index (χ3v) is 3.54. The second-order valence-electron chi connectivity index (χ2n) is 4.42. The minimum atomic E-state index is -1.69. The van der Waals surface area contributed by atoms with Crippen LogP contribution in [0.4, 0.5) is 5.69 Å². The number of halogens is 3. The summed E-state index contributed by atoms with van der Waals surface area (Å²) in [6.07, 6.45) is 1.12. The number of aromatic nitrogens is 1. The van der Waals surface area contributed by atoms with Gasteiger partial charge in [0.2, 0.25) is 9.70 Å². The zero-order valence-electron chi connectivity index (χ0n) is 11.2. The van der Waals surface area contributed by atoms with E-state index in [4.69, 9.17) is 34.8 Å². The molecule has 1 amide bonds. The van der Waals surface area contributed by atoms with Gasteiger partial charge in [-0.25, -0.2) is 0 Å². The van der Waals surface area contributed by atoms with Crippen LogP contribution in [-0.2, 0) is 4.79 Å². The van der Waals surface area contributed by atoms with Crippen molar-refractivity contribution in [3.05, 3.63) is 36.5 Å². The van der Waals surface area contributed by atoms with Gasteiger partial charge in [-0.05, 0) is 12.1 Å². The van der Waals surface area contributed by atoms with E-state index < -0.39 is 9.96 Å². The Balaban J connectivity index is 2.32. The lowest BCUT2D eigenvalue weighted by atomic mass is 10.2. The molecule has 2 N–H and O–H groups in total. The summed E-state index contributed by atoms with van der Waals surface area (Å²) in [4.78, 5) is 15.9. The Morgan fingerprint density at radius 1 is 1.29 bits per heavy atom. The van der Waals surface area contributed by atoms with Gasteiger partial charge < -0.3 is 10.6 Å². The first kappa shape index (κ1) is 16.1. The van der Waals surface area contributed by atoms with Gasteiger partial charge in [0.15, 0.2) is 0 Å². The Morgan fingerprint density at radius 3 is 2.67 bits per heavy atom. The number of pyridine rings is 1. The highest BCUT2D eigenvalue weighted by molar-refractivity contribution is 6.68. The monoisotopic (exact) mass is 345 g/mol. The molecule has 0 fully saturated rings. The van der Waals surface area contributed by atoms with Crippen molar-refractivity contribution in [2.75, 3.05) is 5.32 Å². The molecule has 2 aromatic rings. The maximum atomic E-state index is 11.6. The zero-order valence-corrected chi connectivity index (χ0v) is 13.5. The topological polar surface area (TPSA) is 54.0 Å². The zero-order chi connectivity index (χ0) is 15.5. The molecule has 1 heterocycles. The van der Waals surface area contributed by atoms with Gasteiger partial charge >= 0.3 is 0 Å². The lowest BCUT2D eigenvalue weighted by molar-refractivity contribution is -0.121. The molecule has 7 heteroatoms. The van der Waals surface area contributed by atoms with E-state index in [2.05, 4.69) is 15.6 Å². The predicted molar refractivity (Wildman–Crippen MR) is 87.9 cm³/mol. The van der Waals surface area contributed by atoms with Gasteiger partial charge in [0.1, 0.15) is 6.17 Å². The number of nitrogens with zero attached hydrogens (tertiary/aromatic N) is 1. The molecule has 0 saturated heterocycles. The average molecular weight is 347 g/mol. The van der Waals surface area contributed by atoms with Crippen molar-refractivity contribution in [1.82, 2.24) is 10.3 Å². The molecule has 21 heavy (non-hydrogen) atoms. The lowest BCUT2D eigenvalue weighted by Crippen LogP contribution is -2.49. The molecule has 0 aliphatic carbocycles. The summed E-state index contributed by atoms with van der Waals surface area (Å²) in [5.41, 5.74) is 1.42. The quantitative estimate of drug-likeness (QED) is 0.653. The number of anilines is 1. The number of hydrogen-bond donors (Lipinski definition) is 2. The highest BCUT2D eigenvalue weighted by Gasteiger charge is 2.34. The number of para-hydroxylation sites is 1. The van der Waals surface area contributed by atoms with Crippen LogP contribution in [0, 0.1) is 0 Å². The van der Waals surface area contributed by atoms with Crippen LogP contribution in [0.15, 0.2) is 36.5 Å². The van der Waals surface area contributed by atoms with Crippen molar-refractivity contribution in [1.29, 1.82) is 0 Å². The SMILES string of the molecule is CCC(=O)N[C@H](Nc1cccc2cccnc12)C(Cl)(Cl)Cl. The summed E-state index contributed by atoms with van der Waals surface area (Å²) in [6, 6.07) is 9.39. The van der Waals surface area contributed by atoms with Crippen LogP contribution in [-0.4, -0.2) is 20.8 Å². The number of alkyl halides is 3. The van der Waals surface area contributed by atoms with Crippen LogP contribution in [0.3, 0.4) is 0 Å². The number of carbonyl (C=O) groups is 1. The van der Waals surface area contributed by atoms with Gasteiger partial charge in [-0.3, -0.25) is 9.78 Å². The van der Waals surface area contributed by atoms with E-state index in [1.165, 1.54) is 0 Å². The number of rotatable bonds is 4. The summed E-state index contributed by atoms with van der Waals surface area (Å²) in [7, 11) is 0. The van der Waals surface area contributed by atoms with E-state index in [0.29, 0.717) is 12.1 Å². The molecule has 0 aliphatic rings. The second-order valence-corrected chi connectivity index (χ2v) is 6.79. The summed E-state index contributed by atoms with van der Waals surface area (Å²) >= 11 is 17.8. The van der Waals surface area contributed by atoms with Gasteiger partial charge in [-0.1, -0.05) is 59.9 Å². The van der Waals surface area contributed by atoms with Crippen LogP contribution in [0.25, 0.3) is 10.9 Å². The standard InChI is InChI=1S/C14H14Cl3N3O/c1-2-11(21)20-13(14(15,16)17)19-10-7-3-5-9-6-4-8-18-12(9)10/h3-8,13,19H,2H2,1H3,(H,20,21)/t13-/m0/s1. The van der Waals surface area contributed by atoms with Crippen molar-refractivity contribution in [3.8, 4) is 0 Å². The highest BCUT2D eigenvalue weighted by Crippen LogP contribution is 2.32. The fraction of sp³-hybridized carbons (Fsp3) is 0.286. The number of benzene rings is 1. The normalized spacial score (nSPS) is 13.0. The Morgan fingerprint density at radius 2 is 2.00 bits per heavy atom. The van der Waals surface area contributed by atoms with E-state index >= 15 is 0 Å². The van der Waals surface area contributed by atoms with E-state index in [1.54, 1.807) is 13.1 Å². The second kappa shape index (κ2) is 6.69. The van der Waals surface area contributed by atoms with E-state index in [0.717, 1.165) is 10.9 Å². The average Bonchev–Trinajstić information content (AvgIpc) is 2.45. The van der Waals surface area contributed by atoms with Gasteiger partial charge in [0, 0.05) is 18.0 Å². The number of hydrogen-bond acceptors (Lipinski definition) is 3. The summed E-state index contributed by atoms with van der Waals surface area (Å²) in [6.45, 7) is 1.73. The third-order valence-electron chi connectivity index (χ3n) is 2.89. The predicted octanol–water partition coefficient (Wildman–Crippen LogP) is 3.87. The Bertz CT molecular complexity index is 637. The fourth-order valence-corrected chi connectivity index (χ4v) is 2.17. The molecule has 0 saturated carbocycles. The fourth-order valence-electron chi connectivity index (χ4n) is 1.84. The van der Waals surface area contributed by atoms with E-state index in [-0.39, 0.29) is 5.91 Å². The Kier molecular flexibility index (Phi) is 5.14. The van der Waals surface area contributed by atoms with Crippen molar-refractivity contribution < 1.29 is 4.79 Å². The number of fused-ring (bicyclic) bond motifs is 1. The first-order valence-electron chi connectivity index (χ1n) is 6.38. The summed E-state index contributed by atoms with van der Waals surface area (Å²) in [5.74, 6) is -0.216. The maximum Gasteiger partial charge on any atom is 0.228 e. The lowest BCUT2D eigenvalue weighted by Gasteiger charge is -2.27. The molecule has 112 valence electrons. The largest absolute Gasteiger partial charge is 0.360 e. The van der Waals surface area contributed by atoms with Crippen molar-refractivity contribution in [2.24, 2.45) is 0 Å². The molecule has 0 spiro atoms. The van der Waals surface area contributed by atoms with E-state index in [1.807, 2.05) is 30.3 Å².